The first kappa shape index (κ1) is 12.2. The molecule has 17 heavy (non-hydrogen) atoms. The molecule has 0 amide bonds. The first-order valence-electron chi connectivity index (χ1n) is 6.29. The quantitative estimate of drug-likeness (QED) is 0.717. The number of aldehydes is 1. The maximum absolute atomic E-state index is 10.3. The first-order chi connectivity index (χ1) is 8.31. The molecule has 0 saturated carbocycles. The molecule has 0 N–H and O–H groups in total. The van der Waals surface area contributed by atoms with E-state index in [2.05, 4.69) is 22.0 Å². The van der Waals surface area contributed by atoms with Crippen LogP contribution in [-0.4, -0.2) is 41.0 Å². The molecular formula is C12H19N3O2. The highest BCUT2D eigenvalue weighted by Gasteiger charge is 2.20. The van der Waals surface area contributed by atoms with Crippen LogP contribution in [-0.2, 0) is 17.6 Å². The van der Waals surface area contributed by atoms with Crippen LogP contribution in [0.25, 0.3) is 0 Å². The number of hydrogen-bond acceptors (Lipinski definition) is 5. The van der Waals surface area contributed by atoms with Gasteiger partial charge in [0.1, 0.15) is 6.29 Å². The highest BCUT2D eigenvalue weighted by molar-refractivity contribution is 5.52. The van der Waals surface area contributed by atoms with Gasteiger partial charge in [-0.3, -0.25) is 0 Å². The summed E-state index contributed by atoms with van der Waals surface area (Å²) in [6, 6.07) is 0. The molecule has 0 atom stereocenters. The van der Waals surface area contributed by atoms with Crippen molar-refractivity contribution in [3.8, 4) is 0 Å². The van der Waals surface area contributed by atoms with E-state index in [1.54, 1.807) is 0 Å². The van der Waals surface area contributed by atoms with Crippen LogP contribution in [0.3, 0.4) is 0 Å². The second-order valence-corrected chi connectivity index (χ2v) is 4.56. The standard InChI is InChI=1S/C12H19N3O2/c1-2-15-6-3-10(4-7-15)9-11-13-12(5-8-16)17-14-11/h8,10H,2-7,9H2,1H3. The van der Waals surface area contributed by atoms with Crippen molar-refractivity contribution in [2.75, 3.05) is 19.6 Å². The van der Waals surface area contributed by atoms with Crippen LogP contribution in [0.5, 0.6) is 0 Å². The fourth-order valence-electron chi connectivity index (χ4n) is 2.29. The number of carbonyl (C=O) groups is 1. The molecule has 0 radical (unpaired) electrons. The lowest BCUT2D eigenvalue weighted by atomic mass is 9.93. The summed E-state index contributed by atoms with van der Waals surface area (Å²) < 4.78 is 4.99. The van der Waals surface area contributed by atoms with Crippen LogP contribution >= 0.6 is 0 Å². The van der Waals surface area contributed by atoms with E-state index in [1.807, 2.05) is 0 Å². The summed E-state index contributed by atoms with van der Waals surface area (Å²) in [6.45, 7) is 5.67. The van der Waals surface area contributed by atoms with E-state index < -0.39 is 0 Å². The molecule has 1 aliphatic heterocycles. The van der Waals surface area contributed by atoms with Crippen LogP contribution in [0.4, 0.5) is 0 Å². The summed E-state index contributed by atoms with van der Waals surface area (Å²) in [7, 11) is 0. The lowest BCUT2D eigenvalue weighted by Gasteiger charge is -2.30. The van der Waals surface area contributed by atoms with Crippen molar-refractivity contribution in [3.05, 3.63) is 11.7 Å². The van der Waals surface area contributed by atoms with Crippen molar-refractivity contribution in [3.63, 3.8) is 0 Å². The number of carbonyl (C=O) groups excluding carboxylic acids is 1. The molecule has 2 rings (SSSR count). The number of aromatic nitrogens is 2. The Morgan fingerprint density at radius 3 is 2.88 bits per heavy atom. The molecule has 1 aliphatic rings. The molecule has 0 spiro atoms. The Labute approximate surface area is 101 Å². The van der Waals surface area contributed by atoms with Gasteiger partial charge in [0.15, 0.2) is 5.82 Å². The smallest absolute Gasteiger partial charge is 0.233 e. The summed E-state index contributed by atoms with van der Waals surface area (Å²) in [5.74, 6) is 1.83. The zero-order valence-electron chi connectivity index (χ0n) is 10.3. The number of likely N-dealkylation sites (tertiary alicyclic amines) is 1. The van der Waals surface area contributed by atoms with Crippen LogP contribution in [0.15, 0.2) is 4.52 Å². The van der Waals surface area contributed by atoms with E-state index in [1.165, 1.54) is 25.9 Å². The van der Waals surface area contributed by atoms with Gasteiger partial charge >= 0.3 is 0 Å². The lowest BCUT2D eigenvalue weighted by Crippen LogP contribution is -2.34. The highest BCUT2D eigenvalue weighted by atomic mass is 16.5. The van der Waals surface area contributed by atoms with Gasteiger partial charge in [0.2, 0.25) is 5.89 Å². The molecule has 1 aromatic heterocycles. The predicted molar refractivity (Wildman–Crippen MR) is 62.6 cm³/mol. The molecule has 1 aromatic rings. The SMILES string of the molecule is CCN1CCC(Cc2noc(CC=O)n2)CC1. The van der Waals surface area contributed by atoms with E-state index in [9.17, 15) is 4.79 Å². The molecule has 5 heteroatoms. The second-order valence-electron chi connectivity index (χ2n) is 4.56. The second kappa shape index (κ2) is 5.91. The van der Waals surface area contributed by atoms with Crippen LogP contribution in [0, 0.1) is 5.92 Å². The third kappa shape index (κ3) is 3.36. The van der Waals surface area contributed by atoms with Gasteiger partial charge in [-0.2, -0.15) is 4.98 Å². The number of nitrogens with zero attached hydrogens (tertiary/aromatic N) is 3. The number of piperidine rings is 1. The third-order valence-corrected chi connectivity index (χ3v) is 3.39. The van der Waals surface area contributed by atoms with E-state index >= 15 is 0 Å². The molecule has 5 nitrogen and oxygen atoms in total. The van der Waals surface area contributed by atoms with Crippen molar-refractivity contribution < 1.29 is 9.32 Å². The lowest BCUT2D eigenvalue weighted by molar-refractivity contribution is -0.107. The molecule has 0 aliphatic carbocycles. The zero-order chi connectivity index (χ0) is 12.1. The average Bonchev–Trinajstić information content (AvgIpc) is 2.78. The Morgan fingerprint density at radius 2 is 2.24 bits per heavy atom. The van der Waals surface area contributed by atoms with Crippen LogP contribution in [0.1, 0.15) is 31.5 Å². The third-order valence-electron chi connectivity index (χ3n) is 3.39. The molecular weight excluding hydrogens is 218 g/mol. The maximum Gasteiger partial charge on any atom is 0.233 e. The van der Waals surface area contributed by atoms with E-state index in [4.69, 9.17) is 4.52 Å². The minimum absolute atomic E-state index is 0.223. The minimum Gasteiger partial charge on any atom is -0.339 e. The molecule has 0 unspecified atom stereocenters. The van der Waals surface area contributed by atoms with Crippen LogP contribution < -0.4 is 0 Å². The summed E-state index contributed by atoms with van der Waals surface area (Å²) in [5, 5.41) is 3.91. The Bertz CT molecular complexity index is 356. The first-order valence-corrected chi connectivity index (χ1v) is 6.29. The molecule has 94 valence electrons. The van der Waals surface area contributed by atoms with Gasteiger partial charge in [-0.15, -0.1) is 0 Å². The zero-order valence-corrected chi connectivity index (χ0v) is 10.3. The van der Waals surface area contributed by atoms with Gasteiger partial charge in [0.05, 0.1) is 6.42 Å². The van der Waals surface area contributed by atoms with E-state index in [0.717, 1.165) is 25.1 Å². The van der Waals surface area contributed by atoms with E-state index in [-0.39, 0.29) is 6.42 Å². The normalized spacial score (nSPS) is 18.4. The Morgan fingerprint density at radius 1 is 1.47 bits per heavy atom. The van der Waals surface area contributed by atoms with Crippen molar-refractivity contribution in [1.82, 2.24) is 15.0 Å². The predicted octanol–water partition coefficient (Wildman–Crippen LogP) is 1.09. The van der Waals surface area contributed by atoms with Crippen molar-refractivity contribution in [2.45, 2.75) is 32.6 Å². The van der Waals surface area contributed by atoms with Gasteiger partial charge in [-0.25, -0.2) is 0 Å². The molecule has 2 heterocycles. The summed E-state index contributed by atoms with van der Waals surface area (Å²) in [6.07, 6.45) is 4.29. The maximum atomic E-state index is 10.3. The highest BCUT2D eigenvalue weighted by Crippen LogP contribution is 2.20. The largest absolute Gasteiger partial charge is 0.339 e. The van der Waals surface area contributed by atoms with Gasteiger partial charge in [-0.05, 0) is 38.4 Å². The van der Waals surface area contributed by atoms with Crippen LogP contribution in [0.2, 0.25) is 0 Å². The molecule has 0 aromatic carbocycles. The molecule has 0 bridgehead atoms. The summed E-state index contributed by atoms with van der Waals surface area (Å²) in [4.78, 5) is 17.0. The van der Waals surface area contributed by atoms with Gasteiger partial charge in [0, 0.05) is 6.42 Å². The monoisotopic (exact) mass is 237 g/mol. The van der Waals surface area contributed by atoms with Gasteiger partial charge < -0.3 is 14.2 Å². The van der Waals surface area contributed by atoms with Crippen molar-refractivity contribution in [2.24, 2.45) is 5.92 Å². The van der Waals surface area contributed by atoms with Gasteiger partial charge in [0.25, 0.3) is 0 Å². The topological polar surface area (TPSA) is 59.2 Å². The summed E-state index contributed by atoms with van der Waals surface area (Å²) in [5.41, 5.74) is 0. The van der Waals surface area contributed by atoms with Crippen molar-refractivity contribution >= 4 is 6.29 Å². The number of rotatable bonds is 5. The molecule has 1 saturated heterocycles. The minimum atomic E-state index is 0.223. The van der Waals surface area contributed by atoms with Crippen molar-refractivity contribution in [1.29, 1.82) is 0 Å². The van der Waals surface area contributed by atoms with Gasteiger partial charge in [-0.1, -0.05) is 12.1 Å². The number of hydrogen-bond donors (Lipinski definition) is 0. The Balaban J connectivity index is 1.82. The molecule has 1 fully saturated rings. The Kier molecular flexibility index (Phi) is 4.25. The fourth-order valence-corrected chi connectivity index (χ4v) is 2.29. The summed E-state index contributed by atoms with van der Waals surface area (Å²) >= 11 is 0. The fraction of sp³-hybridized carbons (Fsp3) is 0.750. The van der Waals surface area contributed by atoms with E-state index in [0.29, 0.717) is 11.8 Å². The Hall–Kier alpha value is -1.23. The average molecular weight is 237 g/mol.